The number of epoxide rings is 1. The van der Waals surface area contributed by atoms with Gasteiger partial charge in [0, 0.05) is 37.9 Å². The monoisotopic (exact) mass is 967 g/mol. The van der Waals surface area contributed by atoms with E-state index in [1.807, 2.05) is 46.8 Å². The summed E-state index contributed by atoms with van der Waals surface area (Å²) >= 11 is 0. The molecule has 378 valence electrons. The lowest BCUT2D eigenvalue weighted by Crippen LogP contribution is -2.48. The maximum atomic E-state index is 14.1. The molecule has 65 heavy (non-hydrogen) atoms. The standard InChI is InChI=1S/C52H98O10Si3/c1-19-45(61-64(24-6,25-7)26-8)41(14)50-46(57-50)38-51(17,62-65(27-9,28-10)29-11)35-30-31-39(12)49-40(13)32-33-47(56-42(15)53)52(18,59-43(16)55-20-2)36-34-44(37-48(54)58-49)60-63(21-3,22-4)23-5/h30-33,35,40-41,43-47,49-50H,19-29,34,36-38H2,1-18H3/b33-32-,35-30+,39-31+/t40-,41+,43+,44+,45-,46+,47-,49+,50-,51-,52+/m0/s1. The number of carbonyl (C=O) groups is 2. The van der Waals surface area contributed by atoms with Crippen LogP contribution in [0.25, 0.3) is 0 Å². The Morgan fingerprint density at radius 2 is 1.45 bits per heavy atom. The minimum atomic E-state index is -2.13. The molecule has 0 saturated carbocycles. The Balaban J connectivity index is 2.62. The minimum absolute atomic E-state index is 0.0828. The quantitative estimate of drug-likeness (QED) is 0.0188. The van der Waals surface area contributed by atoms with Crippen molar-refractivity contribution in [2.45, 2.75) is 265 Å². The molecule has 0 N–H and O–H groups in total. The number of ether oxygens (including phenoxy) is 5. The van der Waals surface area contributed by atoms with Crippen molar-refractivity contribution in [1.29, 1.82) is 0 Å². The number of rotatable bonds is 28. The number of allylic oxidation sites excluding steroid dienone is 2. The molecule has 2 aliphatic rings. The van der Waals surface area contributed by atoms with Crippen molar-refractivity contribution in [3.05, 3.63) is 36.0 Å². The lowest BCUT2D eigenvalue weighted by Gasteiger charge is -2.40. The third-order valence-corrected chi connectivity index (χ3v) is 29.6. The van der Waals surface area contributed by atoms with E-state index >= 15 is 0 Å². The van der Waals surface area contributed by atoms with Crippen molar-refractivity contribution in [3.8, 4) is 0 Å². The summed E-state index contributed by atoms with van der Waals surface area (Å²) in [5.41, 5.74) is -0.625. The average molecular weight is 968 g/mol. The van der Waals surface area contributed by atoms with E-state index in [-0.39, 0.29) is 42.7 Å². The van der Waals surface area contributed by atoms with Crippen molar-refractivity contribution in [3.63, 3.8) is 0 Å². The van der Waals surface area contributed by atoms with Crippen molar-refractivity contribution in [2.75, 3.05) is 6.61 Å². The Bertz CT molecular complexity index is 1480. The van der Waals surface area contributed by atoms with Gasteiger partial charge in [-0.3, -0.25) is 9.59 Å². The van der Waals surface area contributed by atoms with Crippen molar-refractivity contribution >= 4 is 36.9 Å². The summed E-state index contributed by atoms with van der Waals surface area (Å²) in [6, 6.07) is 9.40. The second-order valence-corrected chi connectivity index (χ2v) is 33.9. The van der Waals surface area contributed by atoms with Crippen LogP contribution >= 0.6 is 0 Å². The van der Waals surface area contributed by atoms with Crippen molar-refractivity contribution < 1.29 is 46.6 Å². The summed E-state index contributed by atoms with van der Waals surface area (Å²) in [7, 11) is -5.95. The number of carbonyl (C=O) groups excluding carboxylic acids is 2. The molecule has 2 heterocycles. The number of cyclic esters (lactones) is 1. The molecule has 0 aromatic rings. The predicted octanol–water partition coefficient (Wildman–Crippen LogP) is 13.6. The van der Waals surface area contributed by atoms with E-state index in [9.17, 15) is 9.59 Å². The molecule has 11 atom stereocenters. The van der Waals surface area contributed by atoms with Crippen LogP contribution < -0.4 is 0 Å². The van der Waals surface area contributed by atoms with E-state index in [1.165, 1.54) is 6.92 Å². The first kappa shape index (κ1) is 59.7. The predicted molar refractivity (Wildman–Crippen MR) is 275 cm³/mol. The lowest BCUT2D eigenvalue weighted by atomic mass is 9.88. The summed E-state index contributed by atoms with van der Waals surface area (Å²) in [5.74, 6) is -0.667. The Morgan fingerprint density at radius 3 is 1.95 bits per heavy atom. The Labute approximate surface area is 401 Å². The summed E-state index contributed by atoms with van der Waals surface area (Å²) < 4.78 is 53.0. The van der Waals surface area contributed by atoms with Gasteiger partial charge in [0.25, 0.3) is 0 Å². The van der Waals surface area contributed by atoms with E-state index in [4.69, 9.17) is 37.0 Å². The summed E-state index contributed by atoms with van der Waals surface area (Å²) in [6.07, 6.45) is 11.3. The van der Waals surface area contributed by atoms with Crippen LogP contribution in [0, 0.1) is 11.8 Å². The molecule has 0 spiro atoms. The molecule has 0 aromatic heterocycles. The van der Waals surface area contributed by atoms with Gasteiger partial charge in [0.2, 0.25) is 0 Å². The first-order valence-corrected chi connectivity index (χ1v) is 33.6. The van der Waals surface area contributed by atoms with Gasteiger partial charge < -0.3 is 37.0 Å². The van der Waals surface area contributed by atoms with Crippen LogP contribution in [0.4, 0.5) is 0 Å². The fraction of sp³-hybridized carbons (Fsp3) is 0.846. The molecular weight excluding hydrogens is 869 g/mol. The topological polar surface area (TPSA) is 111 Å². The molecule has 1 saturated heterocycles. The van der Waals surface area contributed by atoms with E-state index in [0.29, 0.717) is 25.4 Å². The van der Waals surface area contributed by atoms with E-state index in [0.717, 1.165) is 72.8 Å². The third kappa shape index (κ3) is 17.5. The van der Waals surface area contributed by atoms with E-state index < -0.39 is 60.6 Å². The highest BCUT2D eigenvalue weighted by molar-refractivity contribution is 6.74. The number of hydrogen-bond acceptors (Lipinski definition) is 10. The summed E-state index contributed by atoms with van der Waals surface area (Å²) in [6.45, 7) is 38.8. The third-order valence-electron chi connectivity index (χ3n) is 15.5. The summed E-state index contributed by atoms with van der Waals surface area (Å²) in [5, 5.41) is 0. The molecule has 2 rings (SSSR count). The molecule has 13 heteroatoms. The Morgan fingerprint density at radius 1 is 0.877 bits per heavy atom. The highest BCUT2D eigenvalue weighted by Gasteiger charge is 2.51. The van der Waals surface area contributed by atoms with Gasteiger partial charge in [0.1, 0.15) is 17.8 Å². The van der Waals surface area contributed by atoms with Crippen LogP contribution in [0.1, 0.15) is 157 Å². The van der Waals surface area contributed by atoms with Gasteiger partial charge >= 0.3 is 11.9 Å². The second-order valence-electron chi connectivity index (χ2n) is 19.8. The minimum Gasteiger partial charge on any atom is -0.457 e. The van der Waals surface area contributed by atoms with Gasteiger partial charge in [-0.25, -0.2) is 0 Å². The van der Waals surface area contributed by atoms with Crippen LogP contribution in [0.15, 0.2) is 36.0 Å². The van der Waals surface area contributed by atoms with E-state index in [2.05, 4.69) is 101 Å². The fourth-order valence-corrected chi connectivity index (χ4v) is 19.2. The van der Waals surface area contributed by atoms with Crippen LogP contribution in [-0.2, 0) is 46.6 Å². The normalized spacial score (nSPS) is 28.1. The molecule has 0 bridgehead atoms. The number of hydrogen-bond donors (Lipinski definition) is 0. The highest BCUT2D eigenvalue weighted by atomic mass is 28.4. The molecule has 0 aromatic carbocycles. The van der Waals surface area contributed by atoms with Gasteiger partial charge in [-0.05, 0) is 120 Å². The smallest absolute Gasteiger partial charge is 0.308 e. The first-order chi connectivity index (χ1) is 30.6. The Hall–Kier alpha value is -1.43. The van der Waals surface area contributed by atoms with Gasteiger partial charge in [-0.1, -0.05) is 107 Å². The zero-order chi connectivity index (χ0) is 49.2. The fourth-order valence-electron chi connectivity index (χ4n) is 10.2. The van der Waals surface area contributed by atoms with Crippen molar-refractivity contribution in [1.82, 2.24) is 0 Å². The van der Waals surface area contributed by atoms with Crippen LogP contribution in [0.3, 0.4) is 0 Å². The molecule has 0 unspecified atom stereocenters. The van der Waals surface area contributed by atoms with E-state index in [1.54, 1.807) is 0 Å². The SMILES string of the molecule is CCO[C@@H](C)O[C@]1(C)CC[C@@H](O[Si](CC)(CC)CC)CC(=O)O[C@H](/C(C)=C/C=C/[C@@](C)(C[C@H]2O[C@H]2[C@H](C)[C@H](CC)O[Si](CC)(CC)CC)O[Si](CC)(CC)CC)[C@@H](C)/C=C\[C@@H]1OC(C)=O. The van der Waals surface area contributed by atoms with Crippen molar-refractivity contribution in [2.24, 2.45) is 11.8 Å². The zero-order valence-corrected chi connectivity index (χ0v) is 47.8. The zero-order valence-electron chi connectivity index (χ0n) is 44.8. The molecule has 1 fully saturated rings. The lowest BCUT2D eigenvalue weighted by molar-refractivity contribution is -0.227. The van der Waals surface area contributed by atoms with Gasteiger partial charge in [0.05, 0.1) is 30.3 Å². The molecule has 0 amide bonds. The average Bonchev–Trinajstić information content (AvgIpc) is 4.05. The van der Waals surface area contributed by atoms with Gasteiger partial charge in [-0.15, -0.1) is 0 Å². The Kier molecular flexibility index (Phi) is 25.4. The molecule has 10 nitrogen and oxygen atoms in total. The molecule has 0 aliphatic carbocycles. The second kappa shape index (κ2) is 27.7. The molecule has 2 aliphatic heterocycles. The maximum Gasteiger partial charge on any atom is 0.308 e. The van der Waals surface area contributed by atoms with Crippen LogP contribution in [0.2, 0.25) is 54.4 Å². The van der Waals surface area contributed by atoms with Crippen LogP contribution in [0.5, 0.6) is 0 Å². The summed E-state index contributed by atoms with van der Waals surface area (Å²) in [4.78, 5) is 26.8. The van der Waals surface area contributed by atoms with Gasteiger partial charge in [-0.2, -0.15) is 0 Å². The number of esters is 2. The van der Waals surface area contributed by atoms with Crippen LogP contribution in [-0.4, -0.2) is 97.6 Å². The first-order valence-electron chi connectivity index (χ1n) is 26.1. The van der Waals surface area contributed by atoms with Gasteiger partial charge in [0.15, 0.2) is 31.2 Å². The molecular formula is C52H98O10Si3. The molecule has 0 radical (unpaired) electrons. The largest absolute Gasteiger partial charge is 0.457 e. The maximum absolute atomic E-state index is 14.1. The highest BCUT2D eigenvalue weighted by Crippen LogP contribution is 2.43.